The summed E-state index contributed by atoms with van der Waals surface area (Å²) in [6.45, 7) is 7.06. The van der Waals surface area contributed by atoms with Crippen LogP contribution in [0.1, 0.15) is 51.2 Å². The van der Waals surface area contributed by atoms with Crippen LogP contribution >= 0.6 is 0 Å². The minimum absolute atomic E-state index is 0.0248. The number of benzene rings is 2. The Bertz CT molecular complexity index is 1340. The molecule has 0 spiro atoms. The lowest BCUT2D eigenvalue weighted by Gasteiger charge is -2.20. The maximum Gasteiger partial charge on any atom is 0.417 e. The SMILES string of the molecule is C=C(C)C(=O)OCC(COc1ccc2cc(-c3ccc(CCCCC)cc3C(F)(F)F)n(CC)c2c1)C(F)(F)F. The normalized spacial score (nSPS) is 12.9. The number of hydrogen-bond donors (Lipinski definition) is 0. The maximum atomic E-state index is 14.1. The lowest BCUT2D eigenvalue weighted by atomic mass is 9.98. The Kier molecular flexibility index (Phi) is 9.97. The Labute approximate surface area is 229 Å². The molecule has 0 aliphatic heterocycles. The van der Waals surface area contributed by atoms with E-state index in [4.69, 9.17) is 4.74 Å². The van der Waals surface area contributed by atoms with Crippen LogP contribution in [0.3, 0.4) is 0 Å². The van der Waals surface area contributed by atoms with Crippen molar-refractivity contribution in [3.63, 3.8) is 0 Å². The van der Waals surface area contributed by atoms with Crippen molar-refractivity contribution in [1.82, 2.24) is 4.57 Å². The first-order valence-electron chi connectivity index (χ1n) is 13.1. The average Bonchev–Trinajstić information content (AvgIpc) is 3.25. The quantitative estimate of drug-likeness (QED) is 0.0948. The summed E-state index contributed by atoms with van der Waals surface area (Å²) >= 11 is 0. The van der Waals surface area contributed by atoms with Crippen molar-refractivity contribution in [2.75, 3.05) is 13.2 Å². The molecule has 0 amide bonds. The van der Waals surface area contributed by atoms with Crippen LogP contribution < -0.4 is 4.74 Å². The van der Waals surface area contributed by atoms with Crippen LogP contribution in [0.2, 0.25) is 0 Å². The molecule has 0 radical (unpaired) electrons. The van der Waals surface area contributed by atoms with Crippen LogP contribution in [0.4, 0.5) is 26.3 Å². The van der Waals surface area contributed by atoms with E-state index in [1.54, 1.807) is 29.7 Å². The van der Waals surface area contributed by atoms with Crippen molar-refractivity contribution in [1.29, 1.82) is 0 Å². The molecule has 0 saturated carbocycles. The number of aryl methyl sites for hydroxylation is 2. The molecular weight excluding hydrogens is 536 g/mol. The van der Waals surface area contributed by atoms with Gasteiger partial charge in [-0.25, -0.2) is 4.79 Å². The van der Waals surface area contributed by atoms with Gasteiger partial charge in [0, 0.05) is 34.8 Å². The molecule has 0 aliphatic carbocycles. The van der Waals surface area contributed by atoms with Crippen molar-refractivity contribution < 1.29 is 40.6 Å². The number of unbranched alkanes of at least 4 members (excludes halogenated alkanes) is 2. The molecule has 218 valence electrons. The van der Waals surface area contributed by atoms with Gasteiger partial charge in [-0.05, 0) is 56.5 Å². The van der Waals surface area contributed by atoms with Crippen LogP contribution in [0.5, 0.6) is 5.75 Å². The van der Waals surface area contributed by atoms with Crippen LogP contribution in [0.25, 0.3) is 22.2 Å². The molecule has 2 aromatic carbocycles. The third-order valence-electron chi connectivity index (χ3n) is 6.60. The monoisotopic (exact) mass is 569 g/mol. The fourth-order valence-electron chi connectivity index (χ4n) is 4.41. The Morgan fingerprint density at radius 3 is 2.30 bits per heavy atom. The van der Waals surface area contributed by atoms with Gasteiger partial charge in [-0.3, -0.25) is 0 Å². The van der Waals surface area contributed by atoms with E-state index in [1.807, 2.05) is 6.92 Å². The van der Waals surface area contributed by atoms with Gasteiger partial charge in [-0.1, -0.05) is 38.5 Å². The predicted octanol–water partition coefficient (Wildman–Crippen LogP) is 8.76. The van der Waals surface area contributed by atoms with E-state index < -0.39 is 43.0 Å². The van der Waals surface area contributed by atoms with Crippen LogP contribution in [0, 0.1) is 5.92 Å². The number of carbonyl (C=O) groups excluding carboxylic acids is 1. The summed E-state index contributed by atoms with van der Waals surface area (Å²) < 4.78 is 94.7. The lowest BCUT2D eigenvalue weighted by molar-refractivity contribution is -0.196. The Hall–Kier alpha value is -3.43. The van der Waals surface area contributed by atoms with Crippen molar-refractivity contribution in [2.24, 2.45) is 5.92 Å². The third kappa shape index (κ3) is 7.61. The van der Waals surface area contributed by atoms with Gasteiger partial charge in [0.05, 0.1) is 11.1 Å². The van der Waals surface area contributed by atoms with Gasteiger partial charge in [-0.15, -0.1) is 0 Å². The molecule has 1 heterocycles. The van der Waals surface area contributed by atoms with Crippen molar-refractivity contribution in [3.05, 3.63) is 65.7 Å². The molecule has 0 N–H and O–H groups in total. The van der Waals surface area contributed by atoms with Gasteiger partial charge in [0.2, 0.25) is 0 Å². The largest absolute Gasteiger partial charge is 0.493 e. The molecule has 4 nitrogen and oxygen atoms in total. The van der Waals surface area contributed by atoms with Crippen LogP contribution in [-0.2, 0) is 28.7 Å². The molecule has 1 unspecified atom stereocenters. The van der Waals surface area contributed by atoms with E-state index in [1.165, 1.54) is 31.2 Å². The second-order valence-electron chi connectivity index (χ2n) is 9.76. The first-order valence-corrected chi connectivity index (χ1v) is 13.1. The van der Waals surface area contributed by atoms with Crippen molar-refractivity contribution in [2.45, 2.75) is 65.4 Å². The zero-order chi connectivity index (χ0) is 29.7. The van der Waals surface area contributed by atoms with Gasteiger partial charge in [0.25, 0.3) is 0 Å². The molecule has 0 fully saturated rings. The Balaban J connectivity index is 1.92. The highest BCUT2D eigenvalue weighted by Gasteiger charge is 2.41. The maximum absolute atomic E-state index is 14.1. The molecule has 1 aromatic heterocycles. The second kappa shape index (κ2) is 12.8. The molecule has 40 heavy (non-hydrogen) atoms. The summed E-state index contributed by atoms with van der Waals surface area (Å²) in [5.41, 5.74) is 0.765. The summed E-state index contributed by atoms with van der Waals surface area (Å²) in [6.07, 6.45) is -6.00. The highest BCUT2D eigenvalue weighted by molar-refractivity contribution is 5.89. The van der Waals surface area contributed by atoms with Crippen molar-refractivity contribution in [3.8, 4) is 17.0 Å². The zero-order valence-electron chi connectivity index (χ0n) is 22.7. The number of rotatable bonds is 12. The number of aromatic nitrogens is 1. The van der Waals surface area contributed by atoms with E-state index in [0.29, 0.717) is 35.1 Å². The molecule has 10 heteroatoms. The van der Waals surface area contributed by atoms with Gasteiger partial charge in [-0.2, -0.15) is 26.3 Å². The summed E-state index contributed by atoms with van der Waals surface area (Å²) in [5, 5.41) is 0.618. The first kappa shape index (κ1) is 31.1. The number of ether oxygens (including phenoxy) is 2. The molecule has 3 aromatic rings. The number of nitrogens with zero attached hydrogens (tertiary/aromatic N) is 1. The fraction of sp³-hybridized carbons (Fsp3) is 0.433. The average molecular weight is 570 g/mol. The van der Waals surface area contributed by atoms with E-state index in [0.717, 1.165) is 19.3 Å². The molecule has 0 bridgehead atoms. The van der Waals surface area contributed by atoms with Gasteiger partial charge >= 0.3 is 18.3 Å². The zero-order valence-corrected chi connectivity index (χ0v) is 22.7. The topological polar surface area (TPSA) is 40.5 Å². The van der Waals surface area contributed by atoms with E-state index in [9.17, 15) is 31.1 Å². The summed E-state index contributed by atoms with van der Waals surface area (Å²) in [5.74, 6) is -2.91. The van der Waals surface area contributed by atoms with E-state index >= 15 is 0 Å². The minimum atomic E-state index is -4.69. The highest BCUT2D eigenvalue weighted by Crippen LogP contribution is 2.40. The summed E-state index contributed by atoms with van der Waals surface area (Å²) in [4.78, 5) is 11.5. The number of halogens is 6. The Morgan fingerprint density at radius 1 is 0.975 bits per heavy atom. The molecule has 0 aliphatic rings. The summed E-state index contributed by atoms with van der Waals surface area (Å²) in [6, 6.07) is 10.6. The van der Waals surface area contributed by atoms with Crippen LogP contribution in [0.15, 0.2) is 54.6 Å². The Morgan fingerprint density at radius 2 is 1.70 bits per heavy atom. The number of esters is 1. The van der Waals surface area contributed by atoms with Gasteiger partial charge < -0.3 is 14.0 Å². The van der Waals surface area contributed by atoms with Gasteiger partial charge in [0.1, 0.15) is 24.9 Å². The van der Waals surface area contributed by atoms with Crippen LogP contribution in [-0.4, -0.2) is 29.9 Å². The summed E-state index contributed by atoms with van der Waals surface area (Å²) in [7, 11) is 0. The smallest absolute Gasteiger partial charge is 0.417 e. The fourth-order valence-corrected chi connectivity index (χ4v) is 4.41. The van der Waals surface area contributed by atoms with Gasteiger partial charge in [0.15, 0.2) is 0 Å². The second-order valence-corrected chi connectivity index (χ2v) is 9.76. The first-order chi connectivity index (χ1) is 18.8. The third-order valence-corrected chi connectivity index (χ3v) is 6.60. The standard InChI is InChI=1S/C30H33F6NO3/c1-5-7-8-9-20-10-13-24(25(14-20)30(34,35)36)27-15-21-11-12-23(16-26(21)37(27)6-2)39-17-22(29(31,32)33)18-40-28(38)19(3)4/h10-16,22H,3,5-9,17-18H2,1-2,4H3. The van der Waals surface area contributed by atoms with Crippen molar-refractivity contribution >= 4 is 16.9 Å². The molecule has 1 atom stereocenters. The number of alkyl halides is 6. The molecular formula is C30H33F6NO3. The lowest BCUT2D eigenvalue weighted by Crippen LogP contribution is -2.33. The predicted molar refractivity (Wildman–Crippen MR) is 142 cm³/mol. The highest BCUT2D eigenvalue weighted by atomic mass is 19.4. The number of hydrogen-bond acceptors (Lipinski definition) is 3. The number of carbonyl (C=O) groups is 1. The number of fused-ring (bicyclic) bond motifs is 1. The minimum Gasteiger partial charge on any atom is -0.493 e. The molecule has 3 rings (SSSR count). The molecule has 0 saturated heterocycles. The van der Waals surface area contributed by atoms with E-state index in [-0.39, 0.29) is 16.9 Å². The van der Waals surface area contributed by atoms with E-state index in [2.05, 4.69) is 11.3 Å².